The van der Waals surface area contributed by atoms with E-state index in [4.69, 9.17) is 0 Å². The number of carbonyl (C=O) groups excluding carboxylic acids is 1. The fourth-order valence-corrected chi connectivity index (χ4v) is 2.85. The van der Waals surface area contributed by atoms with Crippen LogP contribution in [0.25, 0.3) is 11.3 Å². The summed E-state index contributed by atoms with van der Waals surface area (Å²) in [5.41, 5.74) is 2.41. The number of hydrogen-bond acceptors (Lipinski definition) is 3. The van der Waals surface area contributed by atoms with Crippen molar-refractivity contribution in [3.63, 3.8) is 0 Å². The van der Waals surface area contributed by atoms with Crippen molar-refractivity contribution in [3.8, 4) is 11.3 Å². The first-order chi connectivity index (χ1) is 13.3. The van der Waals surface area contributed by atoms with Crippen molar-refractivity contribution in [3.05, 3.63) is 72.6 Å². The van der Waals surface area contributed by atoms with E-state index in [1.165, 1.54) is 12.3 Å². The van der Waals surface area contributed by atoms with Crippen LogP contribution < -0.4 is 10.2 Å². The van der Waals surface area contributed by atoms with Crippen molar-refractivity contribution >= 4 is 11.6 Å². The molecule has 0 unspecified atom stereocenters. The van der Waals surface area contributed by atoms with Gasteiger partial charge >= 0.3 is 6.18 Å². The van der Waals surface area contributed by atoms with Gasteiger partial charge in [0, 0.05) is 43.8 Å². The molecule has 0 fully saturated rings. The van der Waals surface area contributed by atoms with Gasteiger partial charge < -0.3 is 10.2 Å². The molecule has 1 aliphatic rings. The lowest BCUT2D eigenvalue weighted by Gasteiger charge is -2.24. The van der Waals surface area contributed by atoms with Crippen LogP contribution >= 0.6 is 0 Å². The lowest BCUT2D eigenvalue weighted by Crippen LogP contribution is -2.23. The molecule has 2 heterocycles. The molecule has 0 saturated carbocycles. The summed E-state index contributed by atoms with van der Waals surface area (Å²) in [6.07, 6.45) is 2.26. The SMILES string of the molecule is C=CC(=O)NCc1ccc(N2C=CC(C(F)(F)F)=CC2)cc1-c1ccn(C)n1. The summed E-state index contributed by atoms with van der Waals surface area (Å²) in [5.74, 6) is -0.292. The summed E-state index contributed by atoms with van der Waals surface area (Å²) in [6.45, 7) is 3.82. The van der Waals surface area contributed by atoms with Gasteiger partial charge in [-0.3, -0.25) is 9.48 Å². The van der Waals surface area contributed by atoms with E-state index in [-0.39, 0.29) is 19.0 Å². The van der Waals surface area contributed by atoms with Gasteiger partial charge in [-0.25, -0.2) is 0 Å². The van der Waals surface area contributed by atoms with Crippen LogP contribution in [-0.4, -0.2) is 28.4 Å². The van der Waals surface area contributed by atoms with Gasteiger partial charge in [-0.2, -0.15) is 18.3 Å². The number of rotatable bonds is 5. The standard InChI is InChI=1S/C20H19F3N4O/c1-3-19(28)24-13-14-4-5-16(12-17(14)18-8-9-26(2)25-18)27-10-6-15(7-11-27)20(21,22)23/h3-10,12H,1,11,13H2,2H3,(H,24,28). The topological polar surface area (TPSA) is 50.2 Å². The molecule has 1 aromatic carbocycles. The Morgan fingerprint density at radius 1 is 1.36 bits per heavy atom. The predicted octanol–water partition coefficient (Wildman–Crippen LogP) is 3.71. The fourth-order valence-electron chi connectivity index (χ4n) is 2.85. The molecule has 0 saturated heterocycles. The summed E-state index contributed by atoms with van der Waals surface area (Å²) in [4.78, 5) is 13.2. The highest BCUT2D eigenvalue weighted by Gasteiger charge is 2.32. The lowest BCUT2D eigenvalue weighted by molar-refractivity contribution is -0.116. The molecule has 0 radical (unpaired) electrons. The van der Waals surface area contributed by atoms with E-state index in [0.717, 1.165) is 29.0 Å². The number of hydrogen-bond donors (Lipinski definition) is 1. The summed E-state index contributed by atoms with van der Waals surface area (Å²) < 4.78 is 40.1. The molecule has 0 bridgehead atoms. The van der Waals surface area contributed by atoms with E-state index in [1.807, 2.05) is 18.2 Å². The molecule has 0 spiro atoms. The van der Waals surface area contributed by atoms with Gasteiger partial charge in [0.15, 0.2) is 0 Å². The molecule has 2 aromatic rings. The van der Waals surface area contributed by atoms with Crippen LogP contribution in [0.4, 0.5) is 18.9 Å². The second-order valence-electron chi connectivity index (χ2n) is 6.26. The van der Waals surface area contributed by atoms with E-state index in [1.54, 1.807) is 28.9 Å². The zero-order valence-electron chi connectivity index (χ0n) is 15.2. The number of aryl methyl sites for hydroxylation is 1. The Balaban J connectivity index is 1.90. The third kappa shape index (κ3) is 4.33. The van der Waals surface area contributed by atoms with Crippen molar-refractivity contribution in [2.75, 3.05) is 11.4 Å². The third-order valence-electron chi connectivity index (χ3n) is 4.32. The smallest absolute Gasteiger partial charge is 0.348 e. The number of amides is 1. The van der Waals surface area contributed by atoms with Gasteiger partial charge in [0.2, 0.25) is 5.91 Å². The largest absolute Gasteiger partial charge is 0.416 e. The molecule has 28 heavy (non-hydrogen) atoms. The third-order valence-corrected chi connectivity index (χ3v) is 4.32. The van der Waals surface area contributed by atoms with Gasteiger partial charge in [0.05, 0.1) is 11.3 Å². The zero-order valence-corrected chi connectivity index (χ0v) is 15.2. The number of nitrogens with one attached hydrogen (secondary N) is 1. The monoisotopic (exact) mass is 388 g/mol. The second kappa shape index (κ2) is 7.75. The van der Waals surface area contributed by atoms with E-state index in [2.05, 4.69) is 17.0 Å². The number of alkyl halides is 3. The molecule has 0 aliphatic carbocycles. The van der Waals surface area contributed by atoms with Gasteiger partial charge in [-0.1, -0.05) is 18.7 Å². The summed E-state index contributed by atoms with van der Waals surface area (Å²) >= 11 is 0. The van der Waals surface area contributed by atoms with Crippen LogP contribution in [0.5, 0.6) is 0 Å². The molecule has 1 aliphatic heterocycles. The van der Waals surface area contributed by atoms with E-state index in [0.29, 0.717) is 5.69 Å². The van der Waals surface area contributed by atoms with Gasteiger partial charge in [0.1, 0.15) is 0 Å². The first kappa shape index (κ1) is 19.5. The summed E-state index contributed by atoms with van der Waals surface area (Å²) in [6, 6.07) is 7.33. The Morgan fingerprint density at radius 3 is 2.71 bits per heavy atom. The molecular formula is C20H19F3N4O. The average molecular weight is 388 g/mol. The Kier molecular flexibility index (Phi) is 5.39. The number of benzene rings is 1. The maximum absolute atomic E-state index is 12.8. The number of aromatic nitrogens is 2. The quantitative estimate of drug-likeness (QED) is 0.795. The minimum absolute atomic E-state index is 0.111. The van der Waals surface area contributed by atoms with E-state index < -0.39 is 11.7 Å². The van der Waals surface area contributed by atoms with Crippen molar-refractivity contribution in [1.82, 2.24) is 15.1 Å². The van der Waals surface area contributed by atoms with E-state index in [9.17, 15) is 18.0 Å². The van der Waals surface area contributed by atoms with Crippen LogP contribution in [0.15, 0.2) is 67.0 Å². The minimum atomic E-state index is -4.35. The Bertz CT molecular complexity index is 957. The molecule has 146 valence electrons. The van der Waals surface area contributed by atoms with Crippen molar-refractivity contribution in [1.29, 1.82) is 0 Å². The van der Waals surface area contributed by atoms with Crippen LogP contribution in [0, 0.1) is 0 Å². The Labute approximate surface area is 160 Å². The normalized spacial score (nSPS) is 14.0. The highest BCUT2D eigenvalue weighted by molar-refractivity contribution is 5.87. The number of allylic oxidation sites excluding steroid dienone is 2. The lowest BCUT2D eigenvalue weighted by atomic mass is 10.0. The number of nitrogens with zero attached hydrogens (tertiary/aromatic N) is 3. The van der Waals surface area contributed by atoms with Crippen LogP contribution in [0.2, 0.25) is 0 Å². The molecule has 0 atom stereocenters. The molecular weight excluding hydrogens is 369 g/mol. The molecule has 3 rings (SSSR count). The van der Waals surface area contributed by atoms with E-state index >= 15 is 0 Å². The summed E-state index contributed by atoms with van der Waals surface area (Å²) in [5, 5.41) is 7.14. The first-order valence-electron chi connectivity index (χ1n) is 8.53. The second-order valence-corrected chi connectivity index (χ2v) is 6.26. The Hall–Kier alpha value is -3.29. The number of halogens is 3. The number of carbonyl (C=O) groups is 1. The maximum Gasteiger partial charge on any atom is 0.416 e. The van der Waals surface area contributed by atoms with Crippen LogP contribution in [0.3, 0.4) is 0 Å². The highest BCUT2D eigenvalue weighted by Crippen LogP contribution is 2.32. The fraction of sp³-hybridized carbons (Fsp3) is 0.200. The van der Waals surface area contributed by atoms with Crippen molar-refractivity contribution < 1.29 is 18.0 Å². The molecule has 5 nitrogen and oxygen atoms in total. The molecule has 1 amide bonds. The average Bonchev–Trinajstić information content (AvgIpc) is 3.11. The predicted molar refractivity (Wildman–Crippen MR) is 101 cm³/mol. The zero-order chi connectivity index (χ0) is 20.3. The van der Waals surface area contributed by atoms with Gasteiger partial charge in [-0.15, -0.1) is 0 Å². The minimum Gasteiger partial charge on any atom is -0.348 e. The first-order valence-corrected chi connectivity index (χ1v) is 8.53. The van der Waals surface area contributed by atoms with Crippen molar-refractivity contribution in [2.45, 2.75) is 12.7 Å². The summed E-state index contributed by atoms with van der Waals surface area (Å²) in [7, 11) is 1.79. The van der Waals surface area contributed by atoms with Crippen LogP contribution in [-0.2, 0) is 18.4 Å². The van der Waals surface area contributed by atoms with Crippen LogP contribution in [0.1, 0.15) is 5.56 Å². The molecule has 8 heteroatoms. The highest BCUT2D eigenvalue weighted by atomic mass is 19.4. The number of anilines is 1. The van der Waals surface area contributed by atoms with Gasteiger partial charge in [-0.05, 0) is 35.9 Å². The van der Waals surface area contributed by atoms with Gasteiger partial charge in [0.25, 0.3) is 0 Å². The van der Waals surface area contributed by atoms with Crippen molar-refractivity contribution in [2.24, 2.45) is 7.05 Å². The Morgan fingerprint density at radius 2 is 2.14 bits per heavy atom. The molecule has 1 N–H and O–H groups in total. The molecule has 1 aromatic heterocycles. The maximum atomic E-state index is 12.8.